The molecule has 2 aromatic carbocycles. The van der Waals surface area contributed by atoms with Crippen LogP contribution in [0, 0.1) is 34.5 Å². The average molecular weight is 331 g/mol. The molecule has 2 aromatic rings. The van der Waals surface area contributed by atoms with Crippen molar-refractivity contribution in [1.29, 1.82) is 10.5 Å². The Morgan fingerprint density at radius 3 is 2.33 bits per heavy atom. The molecule has 0 amide bonds. The monoisotopic (exact) mass is 331 g/mol. The summed E-state index contributed by atoms with van der Waals surface area (Å²) >= 11 is 1.58. The van der Waals surface area contributed by atoms with Gasteiger partial charge in [0.2, 0.25) is 0 Å². The smallest absolute Gasteiger partial charge is 0.186 e. The highest BCUT2D eigenvalue weighted by Crippen LogP contribution is 2.54. The highest BCUT2D eigenvalue weighted by Gasteiger charge is 2.56. The standard InChI is InChI=1S/C19H13N3OS/c20-10-13-14(11-21)19-22(15-8-4-5-9-16(15)24-19)17(13)18(23)12-6-2-1-3-7-12/h1-9,13-14,17,19H/t13-,14+,17-,19+/m0/s1. The second-order valence-electron chi connectivity index (χ2n) is 5.87. The quantitative estimate of drug-likeness (QED) is 0.788. The Morgan fingerprint density at radius 2 is 1.62 bits per heavy atom. The molecule has 0 radical (unpaired) electrons. The van der Waals surface area contributed by atoms with E-state index in [0.717, 1.165) is 10.6 Å². The van der Waals surface area contributed by atoms with Gasteiger partial charge >= 0.3 is 0 Å². The van der Waals surface area contributed by atoms with Crippen molar-refractivity contribution in [3.05, 3.63) is 60.2 Å². The van der Waals surface area contributed by atoms with Gasteiger partial charge in [-0.25, -0.2) is 0 Å². The van der Waals surface area contributed by atoms with Gasteiger partial charge in [0.15, 0.2) is 5.78 Å². The van der Waals surface area contributed by atoms with Crippen LogP contribution < -0.4 is 4.90 Å². The molecule has 2 aliphatic rings. The van der Waals surface area contributed by atoms with Crippen LogP contribution in [0.1, 0.15) is 10.4 Å². The lowest BCUT2D eigenvalue weighted by atomic mass is 9.88. The van der Waals surface area contributed by atoms with Gasteiger partial charge in [0.05, 0.1) is 35.0 Å². The van der Waals surface area contributed by atoms with Crippen molar-refractivity contribution in [3.63, 3.8) is 0 Å². The Balaban J connectivity index is 1.83. The van der Waals surface area contributed by atoms with Gasteiger partial charge in [-0.1, -0.05) is 54.2 Å². The van der Waals surface area contributed by atoms with Crippen molar-refractivity contribution in [1.82, 2.24) is 0 Å². The van der Waals surface area contributed by atoms with Gasteiger partial charge in [-0.3, -0.25) is 4.79 Å². The fraction of sp³-hybridized carbons (Fsp3) is 0.211. The van der Waals surface area contributed by atoms with Gasteiger partial charge in [-0.05, 0) is 12.1 Å². The number of nitriles is 2. The topological polar surface area (TPSA) is 67.9 Å². The molecule has 4 nitrogen and oxygen atoms in total. The minimum atomic E-state index is -0.631. The molecule has 0 spiro atoms. The van der Waals surface area contributed by atoms with Crippen LogP contribution in [0.25, 0.3) is 0 Å². The molecule has 1 fully saturated rings. The van der Waals surface area contributed by atoms with Gasteiger partial charge in [-0.2, -0.15) is 10.5 Å². The summed E-state index contributed by atoms with van der Waals surface area (Å²) in [4.78, 5) is 16.2. The van der Waals surface area contributed by atoms with Crippen molar-refractivity contribution in [2.75, 3.05) is 4.90 Å². The average Bonchev–Trinajstić information content (AvgIpc) is 3.15. The molecule has 0 bridgehead atoms. The van der Waals surface area contributed by atoms with Gasteiger partial charge in [-0.15, -0.1) is 0 Å². The van der Waals surface area contributed by atoms with E-state index in [-0.39, 0.29) is 11.2 Å². The van der Waals surface area contributed by atoms with Crippen LogP contribution in [0.4, 0.5) is 5.69 Å². The summed E-state index contributed by atoms with van der Waals surface area (Å²) in [5.41, 5.74) is 1.52. The molecular formula is C19H13N3OS. The lowest BCUT2D eigenvalue weighted by Crippen LogP contribution is -2.40. The third kappa shape index (κ3) is 2.02. The highest BCUT2D eigenvalue weighted by atomic mass is 32.2. The fourth-order valence-electron chi connectivity index (χ4n) is 3.55. The van der Waals surface area contributed by atoms with Crippen molar-refractivity contribution in [2.24, 2.45) is 11.8 Å². The predicted octanol–water partition coefficient (Wildman–Crippen LogP) is 3.47. The van der Waals surface area contributed by atoms with E-state index in [1.165, 1.54) is 0 Å². The van der Waals surface area contributed by atoms with E-state index in [2.05, 4.69) is 12.1 Å². The third-order valence-corrected chi connectivity index (χ3v) is 5.99. The normalized spacial score (nSPS) is 27.0. The number of anilines is 1. The molecule has 1 saturated heterocycles. The first-order valence-corrected chi connectivity index (χ1v) is 8.56. The Kier molecular flexibility index (Phi) is 3.52. The number of rotatable bonds is 2. The van der Waals surface area contributed by atoms with Crippen molar-refractivity contribution >= 4 is 23.2 Å². The number of thioether (sulfide) groups is 1. The maximum Gasteiger partial charge on any atom is 0.186 e. The number of carbonyl (C=O) groups is 1. The first-order chi connectivity index (χ1) is 11.8. The molecule has 4 rings (SSSR count). The molecule has 2 aliphatic heterocycles. The van der Waals surface area contributed by atoms with E-state index in [0.29, 0.717) is 5.56 Å². The molecule has 24 heavy (non-hydrogen) atoms. The number of ketones is 1. The zero-order chi connectivity index (χ0) is 16.7. The molecule has 0 aromatic heterocycles. The summed E-state index contributed by atoms with van der Waals surface area (Å²) in [5, 5.41) is 19.1. The van der Waals surface area contributed by atoms with Gasteiger partial charge in [0, 0.05) is 10.5 Å². The van der Waals surface area contributed by atoms with Crippen LogP contribution in [-0.2, 0) is 0 Å². The van der Waals surface area contributed by atoms with Crippen molar-refractivity contribution in [3.8, 4) is 12.1 Å². The van der Waals surface area contributed by atoms with Gasteiger partial charge in [0.1, 0.15) is 6.04 Å². The van der Waals surface area contributed by atoms with Gasteiger partial charge in [0.25, 0.3) is 0 Å². The third-order valence-electron chi connectivity index (χ3n) is 4.62. The van der Waals surface area contributed by atoms with E-state index in [9.17, 15) is 15.3 Å². The highest BCUT2D eigenvalue weighted by molar-refractivity contribution is 8.00. The number of benzene rings is 2. The van der Waals surface area contributed by atoms with Crippen LogP contribution in [0.3, 0.4) is 0 Å². The molecule has 116 valence electrons. The zero-order valence-electron chi connectivity index (χ0n) is 12.7. The summed E-state index contributed by atoms with van der Waals surface area (Å²) in [7, 11) is 0. The van der Waals surface area contributed by atoms with E-state index in [4.69, 9.17) is 0 Å². The fourth-order valence-corrected chi connectivity index (χ4v) is 5.00. The lowest BCUT2D eigenvalue weighted by Gasteiger charge is -2.26. The van der Waals surface area contributed by atoms with E-state index in [1.54, 1.807) is 23.9 Å². The summed E-state index contributed by atoms with van der Waals surface area (Å²) in [5.74, 6) is -1.22. The SMILES string of the molecule is N#C[C@@H]1[C@H](C#N)[C@@H](C(=O)c2ccccc2)N2c3ccccc3S[C@H]12. The Morgan fingerprint density at radius 1 is 0.958 bits per heavy atom. The van der Waals surface area contributed by atoms with Crippen LogP contribution in [-0.4, -0.2) is 17.2 Å². The molecule has 0 N–H and O–H groups in total. The Labute approximate surface area is 144 Å². The van der Waals surface area contributed by atoms with Crippen molar-refractivity contribution < 1.29 is 4.79 Å². The zero-order valence-corrected chi connectivity index (χ0v) is 13.5. The Hall–Kier alpha value is -2.76. The summed E-state index contributed by atoms with van der Waals surface area (Å²) < 4.78 is 0. The lowest BCUT2D eigenvalue weighted by molar-refractivity contribution is 0.0949. The molecular weight excluding hydrogens is 318 g/mol. The van der Waals surface area contributed by atoms with Crippen LogP contribution in [0.15, 0.2) is 59.5 Å². The first-order valence-electron chi connectivity index (χ1n) is 7.69. The molecule has 0 unspecified atom stereocenters. The number of hydrogen-bond acceptors (Lipinski definition) is 5. The van der Waals surface area contributed by atoms with Gasteiger partial charge < -0.3 is 4.90 Å². The largest absolute Gasteiger partial charge is 0.345 e. The minimum Gasteiger partial charge on any atom is -0.345 e. The van der Waals surface area contributed by atoms with E-state index in [1.807, 2.05) is 47.4 Å². The number of Topliss-reactive ketones (excluding diaryl/α,β-unsaturated/α-hetero) is 1. The van der Waals surface area contributed by atoms with Crippen molar-refractivity contribution in [2.45, 2.75) is 16.3 Å². The Bertz CT molecular complexity index is 883. The number of carbonyl (C=O) groups excluding carboxylic acids is 1. The minimum absolute atomic E-state index is 0.0952. The van der Waals surface area contributed by atoms with Crippen LogP contribution in [0.2, 0.25) is 0 Å². The molecule has 4 atom stereocenters. The van der Waals surface area contributed by atoms with Crippen LogP contribution >= 0.6 is 11.8 Å². The first kappa shape index (κ1) is 14.8. The van der Waals surface area contributed by atoms with E-state index < -0.39 is 17.9 Å². The number of nitrogens with zero attached hydrogens (tertiary/aromatic N) is 3. The molecule has 5 heteroatoms. The summed E-state index contributed by atoms with van der Waals surface area (Å²) in [6, 6.07) is 20.7. The number of hydrogen-bond donors (Lipinski definition) is 0. The maximum absolute atomic E-state index is 13.1. The number of fused-ring (bicyclic) bond motifs is 3. The molecule has 0 saturated carbocycles. The predicted molar refractivity (Wildman–Crippen MR) is 91.3 cm³/mol. The summed E-state index contributed by atoms with van der Waals surface area (Å²) in [6.45, 7) is 0. The van der Waals surface area contributed by atoms with Crippen LogP contribution in [0.5, 0.6) is 0 Å². The molecule has 2 heterocycles. The number of para-hydroxylation sites is 1. The summed E-state index contributed by atoms with van der Waals surface area (Å²) in [6.07, 6.45) is 0. The van der Waals surface area contributed by atoms with E-state index >= 15 is 0 Å². The second kappa shape index (κ2) is 5.70. The second-order valence-corrected chi connectivity index (χ2v) is 7.03. The maximum atomic E-state index is 13.1. The molecule has 0 aliphatic carbocycles.